The Labute approximate surface area is 163 Å². The minimum Gasteiger partial charge on any atom is -0.366 e. The number of rotatable bonds is 5. The molecule has 4 rings (SSSR count). The van der Waals surface area contributed by atoms with Crippen molar-refractivity contribution in [1.82, 2.24) is 14.6 Å². The molecule has 0 bridgehead atoms. The molecule has 0 aliphatic carbocycles. The minimum atomic E-state index is 0.340. The first-order valence-electron chi connectivity index (χ1n) is 9.04. The molecule has 136 valence electrons. The zero-order valence-electron chi connectivity index (χ0n) is 15.4. The van der Waals surface area contributed by atoms with Crippen molar-refractivity contribution in [2.24, 2.45) is 0 Å². The molecule has 0 atom stereocenters. The van der Waals surface area contributed by atoms with Crippen LogP contribution in [0.2, 0.25) is 5.15 Å². The number of nitrogens with one attached hydrogen (secondary N) is 1. The fourth-order valence-corrected chi connectivity index (χ4v) is 3.31. The predicted molar refractivity (Wildman–Crippen MR) is 111 cm³/mol. The van der Waals surface area contributed by atoms with Gasteiger partial charge in [0.05, 0.1) is 6.20 Å². The van der Waals surface area contributed by atoms with Crippen LogP contribution < -0.4 is 5.32 Å². The minimum absolute atomic E-state index is 0.340. The summed E-state index contributed by atoms with van der Waals surface area (Å²) in [4.78, 5) is 4.44. The number of benzene rings is 2. The van der Waals surface area contributed by atoms with Gasteiger partial charge in [-0.3, -0.25) is 0 Å². The van der Waals surface area contributed by atoms with Gasteiger partial charge in [-0.2, -0.15) is 9.61 Å². The molecule has 2 aromatic carbocycles. The van der Waals surface area contributed by atoms with Crippen molar-refractivity contribution >= 4 is 23.1 Å². The quantitative estimate of drug-likeness (QED) is 0.448. The van der Waals surface area contributed by atoms with Gasteiger partial charge in [0.15, 0.2) is 5.65 Å². The molecule has 1 N–H and O–H groups in total. The average molecular weight is 377 g/mol. The maximum atomic E-state index is 6.24. The van der Waals surface area contributed by atoms with Gasteiger partial charge < -0.3 is 5.32 Å². The molecule has 2 heterocycles. The normalized spacial score (nSPS) is 11.3. The van der Waals surface area contributed by atoms with Crippen LogP contribution in [0.3, 0.4) is 0 Å². The van der Waals surface area contributed by atoms with Crippen molar-refractivity contribution in [3.63, 3.8) is 0 Å². The summed E-state index contributed by atoms with van der Waals surface area (Å²) in [5.74, 6) is 1.18. The Bertz CT molecular complexity index is 1050. The van der Waals surface area contributed by atoms with E-state index in [-0.39, 0.29) is 0 Å². The second-order valence-electron chi connectivity index (χ2n) is 6.87. The highest BCUT2D eigenvalue weighted by Crippen LogP contribution is 2.24. The van der Waals surface area contributed by atoms with E-state index in [0.717, 1.165) is 17.0 Å². The molecule has 0 unspecified atom stereocenters. The fraction of sp³-hybridized carbons (Fsp3) is 0.182. The van der Waals surface area contributed by atoms with Crippen LogP contribution in [0, 0.1) is 0 Å². The molecule has 4 nitrogen and oxygen atoms in total. The number of fused-ring (bicyclic) bond motifs is 1. The second kappa shape index (κ2) is 7.41. The van der Waals surface area contributed by atoms with Gasteiger partial charge in [0.25, 0.3) is 0 Å². The molecule has 0 amide bonds. The van der Waals surface area contributed by atoms with Crippen molar-refractivity contribution in [1.29, 1.82) is 0 Å². The lowest BCUT2D eigenvalue weighted by Crippen LogP contribution is -2.06. The molecule has 0 spiro atoms. The molecule has 0 radical (unpaired) electrons. The zero-order chi connectivity index (χ0) is 18.8. The molecule has 5 heteroatoms. The molecule has 4 aromatic rings. The van der Waals surface area contributed by atoms with Gasteiger partial charge in [-0.15, -0.1) is 0 Å². The average Bonchev–Trinajstić information content (AvgIpc) is 3.11. The summed E-state index contributed by atoms with van der Waals surface area (Å²) < 4.78 is 1.82. The van der Waals surface area contributed by atoms with E-state index in [9.17, 15) is 0 Å². The number of hydrogen-bond donors (Lipinski definition) is 1. The number of nitrogens with zero attached hydrogens (tertiary/aromatic N) is 3. The number of anilines is 1. The Balaban J connectivity index is 1.55. The standard InChI is InChI=1S/C22H21ClN4/c1-15(2)19-14-25-27-21(12-20(23)26-22(19)27)24-13-16-8-10-18(11-9-16)17-6-4-3-5-7-17/h3-12,14-15,24H,13H2,1-2H3. The van der Waals surface area contributed by atoms with Gasteiger partial charge in [0.2, 0.25) is 0 Å². The lowest BCUT2D eigenvalue weighted by Gasteiger charge is -2.10. The lowest BCUT2D eigenvalue weighted by molar-refractivity contribution is 0.871. The summed E-state index contributed by atoms with van der Waals surface area (Å²) in [6.45, 7) is 4.93. The van der Waals surface area contributed by atoms with Gasteiger partial charge in [-0.05, 0) is 22.6 Å². The maximum Gasteiger partial charge on any atom is 0.162 e. The number of hydrogen-bond acceptors (Lipinski definition) is 3. The van der Waals surface area contributed by atoms with Gasteiger partial charge in [-0.25, -0.2) is 4.98 Å². The maximum absolute atomic E-state index is 6.24. The molecule has 0 saturated carbocycles. The molecular formula is C22H21ClN4. The first kappa shape index (κ1) is 17.6. The number of aromatic nitrogens is 3. The molecule has 0 aliphatic rings. The van der Waals surface area contributed by atoms with E-state index < -0.39 is 0 Å². The molecular weight excluding hydrogens is 356 g/mol. The largest absolute Gasteiger partial charge is 0.366 e. The van der Waals surface area contributed by atoms with E-state index in [1.54, 1.807) is 0 Å². The highest BCUT2D eigenvalue weighted by molar-refractivity contribution is 6.29. The third-order valence-corrected chi connectivity index (χ3v) is 4.82. The lowest BCUT2D eigenvalue weighted by atomic mass is 10.0. The summed E-state index contributed by atoms with van der Waals surface area (Å²) in [7, 11) is 0. The van der Waals surface area contributed by atoms with Gasteiger partial charge in [0.1, 0.15) is 11.0 Å². The summed E-state index contributed by atoms with van der Waals surface area (Å²) >= 11 is 6.24. The van der Waals surface area contributed by atoms with Crippen molar-refractivity contribution in [3.05, 3.63) is 83.1 Å². The van der Waals surface area contributed by atoms with E-state index in [1.807, 2.05) is 22.8 Å². The predicted octanol–water partition coefficient (Wildman–Crippen LogP) is 5.79. The highest BCUT2D eigenvalue weighted by Gasteiger charge is 2.13. The molecule has 2 aromatic heterocycles. The van der Waals surface area contributed by atoms with E-state index in [1.165, 1.54) is 16.7 Å². The number of halogens is 1. The molecule has 27 heavy (non-hydrogen) atoms. The first-order chi connectivity index (χ1) is 13.1. The van der Waals surface area contributed by atoms with Gasteiger partial charge >= 0.3 is 0 Å². The Kier molecular flexibility index (Phi) is 4.82. The van der Waals surface area contributed by atoms with Gasteiger partial charge in [-0.1, -0.05) is 80.0 Å². The Morgan fingerprint density at radius 3 is 2.41 bits per heavy atom. The van der Waals surface area contributed by atoms with E-state index in [2.05, 4.69) is 77.8 Å². The summed E-state index contributed by atoms with van der Waals surface area (Å²) in [6.07, 6.45) is 1.86. The SMILES string of the molecule is CC(C)c1cnn2c(NCc3ccc(-c4ccccc4)cc3)cc(Cl)nc12. The van der Waals surface area contributed by atoms with Crippen LogP contribution in [0.1, 0.15) is 30.9 Å². The molecule has 0 aliphatic heterocycles. The van der Waals surface area contributed by atoms with Crippen molar-refractivity contribution in [3.8, 4) is 11.1 Å². The topological polar surface area (TPSA) is 42.2 Å². The zero-order valence-corrected chi connectivity index (χ0v) is 16.1. The molecule has 0 fully saturated rings. The van der Waals surface area contributed by atoms with Crippen LogP contribution in [0.4, 0.5) is 5.82 Å². The monoisotopic (exact) mass is 376 g/mol. The van der Waals surface area contributed by atoms with Crippen molar-refractivity contribution < 1.29 is 0 Å². The van der Waals surface area contributed by atoms with Crippen LogP contribution in [-0.4, -0.2) is 14.6 Å². The Morgan fingerprint density at radius 1 is 1.00 bits per heavy atom. The summed E-state index contributed by atoms with van der Waals surface area (Å²) in [6, 6.07) is 20.7. The van der Waals surface area contributed by atoms with Crippen LogP contribution >= 0.6 is 11.6 Å². The van der Waals surface area contributed by atoms with E-state index in [4.69, 9.17) is 11.6 Å². The van der Waals surface area contributed by atoms with Crippen LogP contribution in [-0.2, 0) is 6.54 Å². The summed E-state index contributed by atoms with van der Waals surface area (Å²) in [5, 5.41) is 8.38. The Hall–Kier alpha value is -2.85. The molecule has 0 saturated heterocycles. The van der Waals surface area contributed by atoms with Crippen molar-refractivity contribution in [2.45, 2.75) is 26.3 Å². The Morgan fingerprint density at radius 2 is 1.70 bits per heavy atom. The van der Waals surface area contributed by atoms with E-state index >= 15 is 0 Å². The van der Waals surface area contributed by atoms with Crippen molar-refractivity contribution in [2.75, 3.05) is 5.32 Å². The van der Waals surface area contributed by atoms with Crippen LogP contribution in [0.5, 0.6) is 0 Å². The highest BCUT2D eigenvalue weighted by atomic mass is 35.5. The third-order valence-electron chi connectivity index (χ3n) is 4.62. The fourth-order valence-electron chi connectivity index (χ4n) is 3.12. The van der Waals surface area contributed by atoms with Gasteiger partial charge in [0, 0.05) is 18.2 Å². The van der Waals surface area contributed by atoms with E-state index in [0.29, 0.717) is 17.6 Å². The first-order valence-corrected chi connectivity index (χ1v) is 9.42. The second-order valence-corrected chi connectivity index (χ2v) is 7.26. The smallest absolute Gasteiger partial charge is 0.162 e. The third kappa shape index (κ3) is 3.67. The summed E-state index contributed by atoms with van der Waals surface area (Å²) in [5.41, 5.74) is 5.51. The van der Waals surface area contributed by atoms with Crippen LogP contribution in [0.25, 0.3) is 16.8 Å². The van der Waals surface area contributed by atoms with Crippen LogP contribution in [0.15, 0.2) is 66.9 Å².